The summed E-state index contributed by atoms with van der Waals surface area (Å²) >= 11 is 0. The van der Waals surface area contributed by atoms with Crippen molar-refractivity contribution in [1.82, 2.24) is 15.1 Å². The van der Waals surface area contributed by atoms with E-state index >= 15 is 0 Å². The molecule has 2 aliphatic heterocycles. The largest absolute Gasteiger partial charge is 0.315 e. The summed E-state index contributed by atoms with van der Waals surface area (Å²) in [7, 11) is 2.24. The van der Waals surface area contributed by atoms with E-state index in [1.807, 2.05) is 0 Å². The molecular formula is C12H25N3. The monoisotopic (exact) mass is 211 g/mol. The van der Waals surface area contributed by atoms with Crippen molar-refractivity contribution in [3.05, 3.63) is 0 Å². The molecule has 0 radical (unpaired) electrons. The molecule has 2 rings (SSSR count). The van der Waals surface area contributed by atoms with E-state index in [1.54, 1.807) is 0 Å². The van der Waals surface area contributed by atoms with Gasteiger partial charge in [0.05, 0.1) is 0 Å². The maximum atomic E-state index is 3.57. The van der Waals surface area contributed by atoms with Gasteiger partial charge in [-0.05, 0) is 33.4 Å². The second kappa shape index (κ2) is 5.28. The highest BCUT2D eigenvalue weighted by Crippen LogP contribution is 2.15. The molecule has 3 heteroatoms. The van der Waals surface area contributed by atoms with E-state index < -0.39 is 0 Å². The topological polar surface area (TPSA) is 18.5 Å². The van der Waals surface area contributed by atoms with Crippen LogP contribution in [0.2, 0.25) is 0 Å². The molecule has 2 saturated heterocycles. The third-order valence-electron chi connectivity index (χ3n) is 4.03. The van der Waals surface area contributed by atoms with Crippen LogP contribution in [-0.2, 0) is 0 Å². The molecule has 3 nitrogen and oxygen atoms in total. The maximum Gasteiger partial charge on any atom is 0.0221 e. The lowest BCUT2D eigenvalue weighted by atomic mass is 10.1. The summed E-state index contributed by atoms with van der Waals surface area (Å²) in [6, 6.07) is 1.52. The second-order valence-electron chi connectivity index (χ2n) is 5.18. The number of nitrogens with zero attached hydrogens (tertiary/aromatic N) is 2. The lowest BCUT2D eigenvalue weighted by Gasteiger charge is -2.41. The minimum Gasteiger partial charge on any atom is -0.315 e. The molecule has 2 aliphatic rings. The number of hydrogen-bond acceptors (Lipinski definition) is 3. The summed E-state index contributed by atoms with van der Waals surface area (Å²) in [5.41, 5.74) is 0. The average molecular weight is 211 g/mol. The molecule has 0 aromatic carbocycles. The minimum absolute atomic E-state index is 0.724. The van der Waals surface area contributed by atoms with Crippen LogP contribution < -0.4 is 5.32 Å². The maximum absolute atomic E-state index is 3.57. The normalized spacial score (nSPS) is 36.4. The summed E-state index contributed by atoms with van der Waals surface area (Å²) in [4.78, 5) is 5.17. The van der Waals surface area contributed by atoms with E-state index in [0.29, 0.717) is 0 Å². The van der Waals surface area contributed by atoms with Crippen molar-refractivity contribution in [1.29, 1.82) is 0 Å². The zero-order valence-electron chi connectivity index (χ0n) is 10.2. The van der Waals surface area contributed by atoms with E-state index in [4.69, 9.17) is 0 Å². The van der Waals surface area contributed by atoms with Gasteiger partial charge in [-0.1, -0.05) is 6.42 Å². The zero-order valence-corrected chi connectivity index (χ0v) is 10.2. The molecule has 0 bridgehead atoms. The minimum atomic E-state index is 0.724. The average Bonchev–Trinajstić information content (AvgIpc) is 2.50. The van der Waals surface area contributed by atoms with Gasteiger partial charge < -0.3 is 10.2 Å². The predicted octanol–water partition coefficient (Wildman–Crippen LogP) is 0.764. The Morgan fingerprint density at radius 3 is 2.87 bits per heavy atom. The van der Waals surface area contributed by atoms with Crippen LogP contribution in [0.15, 0.2) is 0 Å². The molecule has 2 atom stereocenters. The first-order valence-corrected chi connectivity index (χ1v) is 6.42. The van der Waals surface area contributed by atoms with Gasteiger partial charge in [-0.25, -0.2) is 0 Å². The van der Waals surface area contributed by atoms with Crippen LogP contribution in [0.3, 0.4) is 0 Å². The third-order valence-corrected chi connectivity index (χ3v) is 4.03. The Morgan fingerprint density at radius 2 is 2.07 bits per heavy atom. The third kappa shape index (κ3) is 2.92. The van der Waals surface area contributed by atoms with Crippen molar-refractivity contribution in [3.8, 4) is 0 Å². The fourth-order valence-corrected chi connectivity index (χ4v) is 2.72. The molecule has 1 N–H and O–H groups in total. The predicted molar refractivity (Wildman–Crippen MR) is 64.2 cm³/mol. The summed E-state index contributed by atoms with van der Waals surface area (Å²) < 4.78 is 0. The van der Waals surface area contributed by atoms with Gasteiger partial charge in [0.25, 0.3) is 0 Å². The van der Waals surface area contributed by atoms with Crippen LogP contribution in [0, 0.1) is 0 Å². The summed E-state index contributed by atoms with van der Waals surface area (Å²) in [6.07, 6.45) is 4.15. The molecule has 0 aliphatic carbocycles. The van der Waals surface area contributed by atoms with E-state index in [2.05, 4.69) is 29.1 Å². The van der Waals surface area contributed by atoms with Crippen molar-refractivity contribution in [2.75, 3.05) is 39.8 Å². The molecule has 2 unspecified atom stereocenters. The Balaban J connectivity index is 1.86. The van der Waals surface area contributed by atoms with Crippen LogP contribution in [0.25, 0.3) is 0 Å². The lowest BCUT2D eigenvalue weighted by Crippen LogP contribution is -2.55. The molecule has 0 aromatic heterocycles. The van der Waals surface area contributed by atoms with Gasteiger partial charge in [0, 0.05) is 38.3 Å². The van der Waals surface area contributed by atoms with Gasteiger partial charge in [-0.3, -0.25) is 4.90 Å². The number of piperazine rings is 1. The zero-order chi connectivity index (χ0) is 10.7. The van der Waals surface area contributed by atoms with Crippen molar-refractivity contribution in [2.24, 2.45) is 0 Å². The van der Waals surface area contributed by atoms with Gasteiger partial charge in [0.1, 0.15) is 0 Å². The molecular weight excluding hydrogens is 186 g/mol. The molecule has 0 aromatic rings. The van der Waals surface area contributed by atoms with Crippen LogP contribution >= 0.6 is 0 Å². The number of nitrogens with one attached hydrogen (secondary N) is 1. The first-order valence-electron chi connectivity index (χ1n) is 6.42. The second-order valence-corrected chi connectivity index (χ2v) is 5.18. The van der Waals surface area contributed by atoms with Crippen molar-refractivity contribution < 1.29 is 0 Å². The van der Waals surface area contributed by atoms with Crippen LogP contribution in [-0.4, -0.2) is 61.7 Å². The first-order chi connectivity index (χ1) is 7.27. The van der Waals surface area contributed by atoms with Gasteiger partial charge in [-0.15, -0.1) is 0 Å². The van der Waals surface area contributed by atoms with Gasteiger partial charge in [0.15, 0.2) is 0 Å². The quantitative estimate of drug-likeness (QED) is 0.691. The SMILES string of the molecule is CC1CN(C2CCCCNC2)CCN1C. The number of likely N-dealkylation sites (N-methyl/N-ethyl adjacent to an activating group) is 1. The summed E-state index contributed by atoms with van der Waals surface area (Å²) in [5.74, 6) is 0. The van der Waals surface area contributed by atoms with Crippen molar-refractivity contribution in [3.63, 3.8) is 0 Å². The van der Waals surface area contributed by atoms with Crippen LogP contribution in [0.1, 0.15) is 26.2 Å². The Kier molecular flexibility index (Phi) is 4.00. The number of hydrogen-bond donors (Lipinski definition) is 1. The van der Waals surface area contributed by atoms with Gasteiger partial charge in [-0.2, -0.15) is 0 Å². The molecule has 0 amide bonds. The van der Waals surface area contributed by atoms with Gasteiger partial charge in [0.2, 0.25) is 0 Å². The van der Waals surface area contributed by atoms with E-state index in [1.165, 1.54) is 52.0 Å². The van der Waals surface area contributed by atoms with Crippen LogP contribution in [0.4, 0.5) is 0 Å². The lowest BCUT2D eigenvalue weighted by molar-refractivity contribution is 0.0700. The Labute approximate surface area is 93.8 Å². The molecule has 2 heterocycles. The van der Waals surface area contributed by atoms with E-state index in [9.17, 15) is 0 Å². The van der Waals surface area contributed by atoms with E-state index in [-0.39, 0.29) is 0 Å². The Hall–Kier alpha value is -0.120. The molecule has 0 saturated carbocycles. The van der Waals surface area contributed by atoms with Gasteiger partial charge >= 0.3 is 0 Å². The van der Waals surface area contributed by atoms with Crippen LogP contribution in [0.5, 0.6) is 0 Å². The number of rotatable bonds is 1. The Morgan fingerprint density at radius 1 is 1.20 bits per heavy atom. The molecule has 88 valence electrons. The van der Waals surface area contributed by atoms with E-state index in [0.717, 1.165) is 12.1 Å². The molecule has 15 heavy (non-hydrogen) atoms. The fourth-order valence-electron chi connectivity index (χ4n) is 2.72. The fraction of sp³-hybridized carbons (Fsp3) is 1.00. The van der Waals surface area contributed by atoms with Crippen molar-refractivity contribution in [2.45, 2.75) is 38.3 Å². The highest BCUT2D eigenvalue weighted by atomic mass is 15.3. The first kappa shape index (κ1) is 11.4. The Bertz CT molecular complexity index is 187. The smallest absolute Gasteiger partial charge is 0.0221 e. The molecule has 2 fully saturated rings. The summed E-state index contributed by atoms with van der Waals surface area (Å²) in [5, 5.41) is 3.57. The summed E-state index contributed by atoms with van der Waals surface area (Å²) in [6.45, 7) is 8.51. The highest BCUT2D eigenvalue weighted by Gasteiger charge is 2.26. The highest BCUT2D eigenvalue weighted by molar-refractivity contribution is 4.84. The standard InChI is InChI=1S/C12H25N3/c1-11-10-15(8-7-14(11)2)12-5-3-4-6-13-9-12/h11-13H,3-10H2,1-2H3. The van der Waals surface area contributed by atoms with Crippen molar-refractivity contribution >= 4 is 0 Å². The molecule has 0 spiro atoms.